The van der Waals surface area contributed by atoms with Crippen LogP contribution < -0.4 is 11.1 Å². The van der Waals surface area contributed by atoms with Crippen molar-refractivity contribution in [2.24, 2.45) is 5.73 Å². The molecule has 0 bridgehead atoms. The van der Waals surface area contributed by atoms with Gasteiger partial charge in [-0.15, -0.1) is 0 Å². The van der Waals surface area contributed by atoms with E-state index < -0.39 is 5.54 Å². The van der Waals surface area contributed by atoms with Gasteiger partial charge < -0.3 is 11.1 Å². The first-order chi connectivity index (χ1) is 6.62. The molecule has 0 radical (unpaired) electrons. The number of carbonyl (C=O) groups is 1. The van der Waals surface area contributed by atoms with E-state index in [-0.39, 0.29) is 11.9 Å². The number of hydrogen-bond donors (Lipinski definition) is 2. The summed E-state index contributed by atoms with van der Waals surface area (Å²) in [5.74, 6) is -0.0918. The van der Waals surface area contributed by atoms with Crippen molar-refractivity contribution in [3.8, 4) is 6.07 Å². The van der Waals surface area contributed by atoms with Gasteiger partial charge in [-0.25, -0.2) is 0 Å². The second kappa shape index (κ2) is 4.43. The van der Waals surface area contributed by atoms with E-state index in [1.165, 1.54) is 0 Å². The van der Waals surface area contributed by atoms with Crippen molar-refractivity contribution in [3.05, 3.63) is 0 Å². The zero-order valence-corrected chi connectivity index (χ0v) is 8.55. The van der Waals surface area contributed by atoms with E-state index in [1.807, 2.05) is 6.92 Å². The van der Waals surface area contributed by atoms with Crippen LogP contribution in [0.4, 0.5) is 0 Å². The second-order valence-corrected chi connectivity index (χ2v) is 3.95. The third-order valence-electron chi connectivity index (χ3n) is 2.86. The molecule has 0 aromatic heterocycles. The maximum atomic E-state index is 11.6. The van der Waals surface area contributed by atoms with Gasteiger partial charge in [-0.3, -0.25) is 4.79 Å². The molecule has 0 aromatic carbocycles. The molecule has 4 nitrogen and oxygen atoms in total. The van der Waals surface area contributed by atoms with Crippen LogP contribution in [-0.2, 0) is 4.79 Å². The molecule has 78 valence electrons. The Kier molecular flexibility index (Phi) is 3.48. The lowest BCUT2D eigenvalue weighted by Crippen LogP contribution is -2.60. The quantitative estimate of drug-likeness (QED) is 0.692. The summed E-state index contributed by atoms with van der Waals surface area (Å²) in [6.45, 7) is 1.95. The smallest absolute Gasteiger partial charge is 0.240 e. The Hall–Kier alpha value is -1.08. The van der Waals surface area contributed by atoms with Crippen LogP contribution in [0.25, 0.3) is 0 Å². The van der Waals surface area contributed by atoms with Crippen LogP contribution >= 0.6 is 0 Å². The molecule has 1 aliphatic rings. The molecule has 0 saturated heterocycles. The molecule has 0 spiro atoms. The SMILES string of the molecule is CCC(CC#N)NC(=O)C1(N)CCC1. The van der Waals surface area contributed by atoms with E-state index in [9.17, 15) is 4.79 Å². The van der Waals surface area contributed by atoms with Gasteiger partial charge in [0, 0.05) is 6.04 Å². The molecule has 3 N–H and O–H groups in total. The zero-order chi connectivity index (χ0) is 10.6. The van der Waals surface area contributed by atoms with Gasteiger partial charge >= 0.3 is 0 Å². The topological polar surface area (TPSA) is 78.9 Å². The van der Waals surface area contributed by atoms with E-state index in [0.29, 0.717) is 6.42 Å². The number of nitrogens with one attached hydrogen (secondary N) is 1. The summed E-state index contributed by atoms with van der Waals surface area (Å²) >= 11 is 0. The van der Waals surface area contributed by atoms with Gasteiger partial charge in [-0.05, 0) is 25.7 Å². The molecule has 1 amide bonds. The van der Waals surface area contributed by atoms with E-state index in [4.69, 9.17) is 11.0 Å². The predicted octanol–water partition coefficient (Wildman–Crippen LogP) is 0.676. The highest BCUT2D eigenvalue weighted by Gasteiger charge is 2.40. The van der Waals surface area contributed by atoms with Crippen LogP contribution in [0, 0.1) is 11.3 Å². The van der Waals surface area contributed by atoms with E-state index in [2.05, 4.69) is 11.4 Å². The number of amides is 1. The molecule has 1 unspecified atom stereocenters. The average molecular weight is 195 g/mol. The standard InChI is InChI=1S/C10H17N3O/c1-2-8(4-7-11)13-9(14)10(12)5-3-6-10/h8H,2-6,12H2,1H3,(H,13,14). The first kappa shape index (κ1) is 11.0. The number of rotatable bonds is 4. The highest BCUT2D eigenvalue weighted by atomic mass is 16.2. The first-order valence-electron chi connectivity index (χ1n) is 5.09. The maximum absolute atomic E-state index is 11.6. The molecular weight excluding hydrogens is 178 g/mol. The molecule has 1 rings (SSSR count). The molecule has 4 heteroatoms. The van der Waals surface area contributed by atoms with Crippen LogP contribution in [0.15, 0.2) is 0 Å². The van der Waals surface area contributed by atoms with Crippen LogP contribution in [0.2, 0.25) is 0 Å². The van der Waals surface area contributed by atoms with Crippen molar-refractivity contribution >= 4 is 5.91 Å². The Morgan fingerprint density at radius 1 is 1.71 bits per heavy atom. The minimum absolute atomic E-state index is 0.0477. The number of carbonyl (C=O) groups excluding carboxylic acids is 1. The molecule has 14 heavy (non-hydrogen) atoms. The molecule has 1 fully saturated rings. The lowest BCUT2D eigenvalue weighted by molar-refractivity contribution is -0.130. The van der Waals surface area contributed by atoms with Gasteiger partial charge in [0.25, 0.3) is 0 Å². The Morgan fingerprint density at radius 3 is 2.71 bits per heavy atom. The van der Waals surface area contributed by atoms with Gasteiger partial charge in [-0.1, -0.05) is 6.92 Å². The number of nitriles is 1. The molecular formula is C10H17N3O. The summed E-state index contributed by atoms with van der Waals surface area (Å²) < 4.78 is 0. The summed E-state index contributed by atoms with van der Waals surface area (Å²) in [4.78, 5) is 11.6. The number of nitrogens with zero attached hydrogens (tertiary/aromatic N) is 1. The van der Waals surface area contributed by atoms with E-state index in [1.54, 1.807) is 0 Å². The zero-order valence-electron chi connectivity index (χ0n) is 8.55. The fourth-order valence-electron chi connectivity index (χ4n) is 1.52. The number of hydrogen-bond acceptors (Lipinski definition) is 3. The Morgan fingerprint density at radius 2 is 2.36 bits per heavy atom. The first-order valence-corrected chi connectivity index (χ1v) is 5.09. The molecule has 1 aliphatic carbocycles. The van der Waals surface area contributed by atoms with E-state index >= 15 is 0 Å². The van der Waals surface area contributed by atoms with Crippen molar-refractivity contribution in [1.29, 1.82) is 5.26 Å². The minimum Gasteiger partial charge on any atom is -0.351 e. The summed E-state index contributed by atoms with van der Waals surface area (Å²) in [5.41, 5.74) is 5.20. The van der Waals surface area contributed by atoms with Crippen molar-refractivity contribution in [2.75, 3.05) is 0 Å². The Balaban J connectivity index is 2.42. The van der Waals surface area contributed by atoms with Crippen LogP contribution in [0.5, 0.6) is 0 Å². The van der Waals surface area contributed by atoms with Gasteiger partial charge in [-0.2, -0.15) is 5.26 Å². The summed E-state index contributed by atoms with van der Waals surface area (Å²) in [6, 6.07) is 2.01. The molecule has 0 heterocycles. The largest absolute Gasteiger partial charge is 0.351 e. The van der Waals surface area contributed by atoms with E-state index in [0.717, 1.165) is 25.7 Å². The van der Waals surface area contributed by atoms with Crippen molar-refractivity contribution in [1.82, 2.24) is 5.32 Å². The highest BCUT2D eigenvalue weighted by molar-refractivity contribution is 5.87. The monoisotopic (exact) mass is 195 g/mol. The summed E-state index contributed by atoms with van der Waals surface area (Å²) in [5, 5.41) is 11.3. The number of nitrogens with two attached hydrogens (primary N) is 1. The Bertz CT molecular complexity index is 253. The third-order valence-corrected chi connectivity index (χ3v) is 2.86. The predicted molar refractivity (Wildman–Crippen MR) is 53.2 cm³/mol. The summed E-state index contributed by atoms with van der Waals surface area (Å²) in [7, 11) is 0. The lowest BCUT2D eigenvalue weighted by Gasteiger charge is -2.37. The fourth-order valence-corrected chi connectivity index (χ4v) is 1.52. The van der Waals surface area contributed by atoms with Crippen LogP contribution in [-0.4, -0.2) is 17.5 Å². The van der Waals surface area contributed by atoms with Crippen molar-refractivity contribution in [3.63, 3.8) is 0 Å². The Labute approximate surface area is 84.5 Å². The molecule has 1 atom stereocenters. The van der Waals surface area contributed by atoms with Crippen LogP contribution in [0.1, 0.15) is 39.0 Å². The summed E-state index contributed by atoms with van der Waals surface area (Å²) in [6.07, 6.45) is 3.69. The van der Waals surface area contributed by atoms with Crippen molar-refractivity contribution < 1.29 is 4.79 Å². The highest BCUT2D eigenvalue weighted by Crippen LogP contribution is 2.29. The lowest BCUT2D eigenvalue weighted by atomic mass is 9.77. The van der Waals surface area contributed by atoms with Gasteiger partial charge in [0.1, 0.15) is 0 Å². The molecule has 1 saturated carbocycles. The second-order valence-electron chi connectivity index (χ2n) is 3.95. The van der Waals surface area contributed by atoms with Crippen LogP contribution in [0.3, 0.4) is 0 Å². The van der Waals surface area contributed by atoms with Gasteiger partial charge in [0.15, 0.2) is 0 Å². The molecule has 0 aliphatic heterocycles. The maximum Gasteiger partial charge on any atom is 0.240 e. The van der Waals surface area contributed by atoms with Gasteiger partial charge in [0.2, 0.25) is 5.91 Å². The van der Waals surface area contributed by atoms with Crippen molar-refractivity contribution in [2.45, 2.75) is 50.6 Å². The fraction of sp³-hybridized carbons (Fsp3) is 0.800. The molecule has 0 aromatic rings. The third kappa shape index (κ3) is 2.24. The average Bonchev–Trinajstić information content (AvgIpc) is 2.13. The minimum atomic E-state index is -0.650. The normalized spacial score (nSPS) is 20.4. The van der Waals surface area contributed by atoms with Gasteiger partial charge in [0.05, 0.1) is 18.0 Å².